The number of rotatable bonds is 19. The summed E-state index contributed by atoms with van der Waals surface area (Å²) >= 11 is 12.4. The molecule has 10 aromatic rings. The van der Waals surface area contributed by atoms with Crippen molar-refractivity contribution in [1.29, 1.82) is 0 Å². The first-order valence-electron chi connectivity index (χ1n) is 36.3. The van der Waals surface area contributed by atoms with Crippen LogP contribution in [-0.4, -0.2) is 71.6 Å². The summed E-state index contributed by atoms with van der Waals surface area (Å²) in [7, 11) is 9.83. The second kappa shape index (κ2) is 41.4. The third-order valence-electron chi connectivity index (χ3n) is 19.5. The van der Waals surface area contributed by atoms with E-state index in [9.17, 15) is 24.0 Å². The zero-order valence-electron chi connectivity index (χ0n) is 63.4. The van der Waals surface area contributed by atoms with E-state index in [4.69, 9.17) is 56.4 Å². The summed E-state index contributed by atoms with van der Waals surface area (Å²) in [5.41, 5.74) is 12.2. The lowest BCUT2D eigenvalue weighted by molar-refractivity contribution is -0.136. The highest BCUT2D eigenvalue weighted by Gasteiger charge is 2.40. The van der Waals surface area contributed by atoms with Gasteiger partial charge in [0, 0.05) is 65.2 Å². The lowest BCUT2D eigenvalue weighted by Gasteiger charge is -2.39. The molecule has 13 nitrogen and oxygen atoms in total. The molecule has 0 bridgehead atoms. The van der Waals surface area contributed by atoms with Crippen LogP contribution in [0.5, 0.6) is 34.5 Å². The molecule has 2 heterocycles. The topological polar surface area (TPSA) is 162 Å². The summed E-state index contributed by atoms with van der Waals surface area (Å²) in [6, 6.07) is 77.7. The average molecular weight is 1500 g/mol. The molecule has 4 unspecified atom stereocenters. The number of para-hydroxylation sites is 2. The van der Waals surface area contributed by atoms with Gasteiger partial charge >= 0.3 is 0 Å². The Labute approximate surface area is 651 Å². The highest BCUT2D eigenvalue weighted by atomic mass is 35.5. The number of piperidine rings is 1. The fourth-order valence-electron chi connectivity index (χ4n) is 13.5. The van der Waals surface area contributed by atoms with E-state index in [0.717, 1.165) is 73.9 Å². The van der Waals surface area contributed by atoms with E-state index in [0.29, 0.717) is 64.4 Å². The van der Waals surface area contributed by atoms with Crippen LogP contribution in [0.15, 0.2) is 261 Å². The first-order valence-corrected chi connectivity index (χ1v) is 37.1. The van der Waals surface area contributed by atoms with Gasteiger partial charge in [0.2, 0.25) is 0 Å². The summed E-state index contributed by atoms with van der Waals surface area (Å²) in [5, 5.41) is 4.95. The van der Waals surface area contributed by atoms with Crippen LogP contribution in [0.25, 0.3) is 18.2 Å². The van der Waals surface area contributed by atoms with Crippen molar-refractivity contribution in [2.24, 2.45) is 11.8 Å². The van der Waals surface area contributed by atoms with Gasteiger partial charge < -0.3 is 38.5 Å². The van der Waals surface area contributed by atoms with Crippen LogP contribution in [0.1, 0.15) is 154 Å². The normalized spacial score (nSPS) is 18.8. The number of hydrogen-bond acceptors (Lipinski definition) is 13. The molecule has 13 rings (SSSR count). The number of hydrogen-bond donors (Lipinski definition) is 1. The first kappa shape index (κ1) is 82.1. The fraction of sp³-hybridized carbons (Fsp3) is 0.245. The molecule has 2 aliphatic heterocycles. The third kappa shape index (κ3) is 23.5. The fourth-order valence-corrected chi connectivity index (χ4v) is 14.0. The molecule has 1 saturated carbocycles. The first-order chi connectivity index (χ1) is 52.8. The molecule has 562 valence electrons. The number of halogens is 2. The lowest BCUT2D eigenvalue weighted by atomic mass is 9.74. The van der Waals surface area contributed by atoms with Crippen LogP contribution in [0.4, 0.5) is 0 Å². The minimum Gasteiger partial charge on any atom is -0.497 e. The van der Waals surface area contributed by atoms with Gasteiger partial charge in [-0.2, -0.15) is 0 Å². The quantitative estimate of drug-likeness (QED) is 0.0602. The van der Waals surface area contributed by atoms with Gasteiger partial charge in [-0.15, -0.1) is 0 Å². The number of benzene rings is 10. The Morgan fingerprint density at radius 3 is 1.25 bits per heavy atom. The minimum absolute atomic E-state index is 0.0194. The lowest BCUT2D eigenvalue weighted by Crippen LogP contribution is -2.46. The van der Waals surface area contributed by atoms with Crippen molar-refractivity contribution in [3.63, 3.8) is 0 Å². The predicted octanol–water partition coefficient (Wildman–Crippen LogP) is 21.6. The number of nitrogens with one attached hydrogen (secondary N) is 1. The molecule has 0 amide bonds. The summed E-state index contributed by atoms with van der Waals surface area (Å²) in [6.45, 7) is 8.16. The summed E-state index contributed by atoms with van der Waals surface area (Å²) in [4.78, 5) is 61.0. The van der Waals surface area contributed by atoms with Crippen molar-refractivity contribution in [2.45, 2.75) is 95.9 Å². The maximum atomic E-state index is 12.8. The van der Waals surface area contributed by atoms with Crippen LogP contribution >= 0.6 is 23.2 Å². The summed E-state index contributed by atoms with van der Waals surface area (Å²) < 4.78 is 37.8. The van der Waals surface area contributed by atoms with Crippen molar-refractivity contribution in [1.82, 2.24) is 5.32 Å². The van der Waals surface area contributed by atoms with Crippen molar-refractivity contribution in [2.75, 3.05) is 42.7 Å². The average Bonchev–Trinajstić information content (AvgIpc) is 0.790. The minimum atomic E-state index is -0.318. The second-order valence-electron chi connectivity index (χ2n) is 26.9. The smallest absolute Gasteiger partial charge is 0.185 e. The van der Waals surface area contributed by atoms with Gasteiger partial charge in [0.05, 0.1) is 54.9 Å². The molecule has 15 heteroatoms. The molecule has 0 radical (unpaired) electrons. The van der Waals surface area contributed by atoms with Crippen LogP contribution in [-0.2, 0) is 23.9 Å². The van der Waals surface area contributed by atoms with Gasteiger partial charge in [-0.05, 0) is 161 Å². The molecule has 109 heavy (non-hydrogen) atoms. The number of ether oxygens (including phenoxy) is 7. The molecule has 3 fully saturated rings. The number of aryl methyl sites for hydroxylation is 2. The van der Waals surface area contributed by atoms with E-state index in [1.807, 2.05) is 221 Å². The molecule has 2 saturated heterocycles. The zero-order chi connectivity index (χ0) is 77.8. The monoisotopic (exact) mass is 1500 g/mol. The number of carbonyl (C=O) groups excluding carboxylic acids is 5. The van der Waals surface area contributed by atoms with E-state index < -0.39 is 0 Å². The second-order valence-corrected chi connectivity index (χ2v) is 27.7. The Morgan fingerprint density at radius 2 is 0.789 bits per heavy atom. The van der Waals surface area contributed by atoms with E-state index in [1.165, 1.54) is 16.7 Å². The molecule has 3 aliphatic rings. The van der Waals surface area contributed by atoms with Crippen LogP contribution in [0.2, 0.25) is 10.0 Å². The van der Waals surface area contributed by atoms with Crippen LogP contribution in [0, 0.1) is 25.7 Å². The van der Waals surface area contributed by atoms with Crippen molar-refractivity contribution in [3.8, 4) is 34.5 Å². The van der Waals surface area contributed by atoms with Gasteiger partial charge in [0.1, 0.15) is 40.3 Å². The van der Waals surface area contributed by atoms with Crippen LogP contribution < -0.4 is 33.7 Å². The Bertz CT molecular complexity index is 4610. The number of methoxy groups -OCH3 is 6. The van der Waals surface area contributed by atoms with Gasteiger partial charge in [0.25, 0.3) is 0 Å². The third-order valence-corrected chi connectivity index (χ3v) is 20.2. The Balaban J connectivity index is 0.000000157. The maximum Gasteiger partial charge on any atom is 0.185 e. The van der Waals surface area contributed by atoms with Crippen molar-refractivity contribution < 1.29 is 57.1 Å². The number of Topliss-reactive ketones (excluding diaryl/α,β-unsaturated/α-hetero) is 3. The number of carbonyl (C=O) groups is 5. The van der Waals surface area contributed by atoms with Crippen molar-refractivity contribution in [3.05, 3.63) is 338 Å². The van der Waals surface area contributed by atoms with Gasteiger partial charge in [-0.3, -0.25) is 24.0 Å². The van der Waals surface area contributed by atoms with Gasteiger partial charge in [-0.25, -0.2) is 0 Å². The highest BCUT2D eigenvalue weighted by molar-refractivity contribution is 6.31. The highest BCUT2D eigenvalue weighted by Crippen LogP contribution is 2.46. The SMILES string of the molecule is COc1ccc(/C=C/C(=O)/C=C/c2ccc(C)cc2)cc1.COc1ccc(/C=C/C(=O)c2ccccc2)cc1OC.COc1ccc(C2NC(c3ccc(C)cc3)C(C)C(=O)C2C)cc1.COc1ccccc1[C@@H]1CC(=O)C[C@@H](c2ccccc2OC)C1.O=C1C[C@@H](c2ccccc2Cl)O[C@H](c2ccccc2Cl)C1. The Morgan fingerprint density at radius 1 is 0.404 bits per heavy atom. The van der Waals surface area contributed by atoms with Crippen LogP contribution in [0.3, 0.4) is 0 Å². The van der Waals surface area contributed by atoms with Gasteiger partial charge in [-0.1, -0.05) is 248 Å². The number of ketones is 5. The molecule has 10 aromatic carbocycles. The molecule has 0 spiro atoms. The zero-order valence-corrected chi connectivity index (χ0v) is 64.9. The number of allylic oxidation sites excluding steroid dienone is 3. The maximum absolute atomic E-state index is 12.8. The molecule has 8 atom stereocenters. The van der Waals surface area contributed by atoms with E-state index >= 15 is 0 Å². The van der Waals surface area contributed by atoms with Gasteiger partial charge in [0.15, 0.2) is 23.1 Å². The molecule has 0 aromatic heterocycles. The van der Waals surface area contributed by atoms with E-state index in [1.54, 1.807) is 85.2 Å². The Hall–Kier alpha value is -10.9. The largest absolute Gasteiger partial charge is 0.497 e. The molecule has 1 N–H and O–H groups in total. The summed E-state index contributed by atoms with van der Waals surface area (Å²) in [6.07, 6.45) is 12.2. The Kier molecular flexibility index (Phi) is 31.2. The standard InChI is InChI=1S/C21H25NO2.C20H22O3.C19H18O2.C17H14Cl2O2.C17H16O3/c1-13-5-7-16(8-6-13)19-14(2)21(23)15(3)20(22-19)17-9-11-18(24-4)12-10-17;1-22-19-9-5-3-7-17(19)14-11-15(13-16(21)12-14)18-8-4-6-10-20(18)23-2;1-15-3-5-16(6-4-15)7-11-18(20)12-8-17-9-13-19(21-2)14-10-17;18-14-7-3-1-5-12(14)16-9-11(20)10-17(21-16)13-6-2-4-8-15(13)19;1-19-16-11-9-13(12-17(16)20-2)8-10-15(18)14-6-4-3-5-7-14/h5-12,14-15,19-20,22H,1-4H3;3-10,14-15H,11-13H2,1-2H3;3-14H,1-2H3;1-8,16-17H,9-10H2;3-12H,1-2H3/b;;11-7+,12-8+;;10-8+/t;14-,15-;;16-,17-;/m.0.0./s1. The molecular weight excluding hydrogens is 1410 g/mol. The van der Waals surface area contributed by atoms with E-state index in [2.05, 4.69) is 48.6 Å². The van der Waals surface area contributed by atoms with Crippen molar-refractivity contribution >= 4 is 70.3 Å². The predicted molar refractivity (Wildman–Crippen MR) is 437 cm³/mol. The molecule has 1 aliphatic carbocycles. The molecular formula is C94H95Cl2NO12. The van der Waals surface area contributed by atoms with E-state index in [-0.39, 0.29) is 65.3 Å². The summed E-state index contributed by atoms with van der Waals surface area (Å²) in [5.74, 6) is 5.72.